The number of amides is 1. The van der Waals surface area contributed by atoms with Crippen LogP contribution in [0, 0.1) is 0 Å². The summed E-state index contributed by atoms with van der Waals surface area (Å²) in [5.41, 5.74) is 3.57. The number of benzene rings is 2. The summed E-state index contributed by atoms with van der Waals surface area (Å²) in [6.07, 6.45) is 4.80. The van der Waals surface area contributed by atoms with Gasteiger partial charge in [-0.25, -0.2) is 4.68 Å². The van der Waals surface area contributed by atoms with Crippen LogP contribution in [0.15, 0.2) is 65.7 Å². The van der Waals surface area contributed by atoms with Crippen molar-refractivity contribution in [3.05, 3.63) is 71.3 Å². The Hall–Kier alpha value is -2.90. The summed E-state index contributed by atoms with van der Waals surface area (Å²) < 4.78 is 8.13. The Labute approximate surface area is 191 Å². The lowest BCUT2D eigenvalue weighted by Crippen LogP contribution is -2.27. The minimum absolute atomic E-state index is 0.0563. The Balaban J connectivity index is 1.75. The number of nitrogens with zero attached hydrogens (tertiary/aromatic N) is 3. The first kappa shape index (κ1) is 21.3. The van der Waals surface area contributed by atoms with Gasteiger partial charge in [0.1, 0.15) is 10.1 Å². The molecule has 1 fully saturated rings. The molecule has 158 valence electrons. The lowest BCUT2D eigenvalue weighted by Gasteiger charge is -2.09. The number of thiocarbonyl (C=S) groups is 1. The van der Waals surface area contributed by atoms with Gasteiger partial charge in [-0.2, -0.15) is 5.10 Å². The van der Waals surface area contributed by atoms with E-state index in [4.69, 9.17) is 22.1 Å². The van der Waals surface area contributed by atoms with Crippen LogP contribution in [-0.4, -0.2) is 38.1 Å². The van der Waals surface area contributed by atoms with E-state index in [1.165, 1.54) is 11.8 Å². The number of thioether (sulfide) groups is 1. The van der Waals surface area contributed by atoms with Crippen LogP contribution < -0.4 is 4.74 Å². The minimum atomic E-state index is -0.0563. The van der Waals surface area contributed by atoms with Gasteiger partial charge in [-0.05, 0) is 55.8 Å². The van der Waals surface area contributed by atoms with Crippen LogP contribution in [0.1, 0.15) is 25.8 Å². The van der Waals surface area contributed by atoms with Crippen molar-refractivity contribution in [2.24, 2.45) is 0 Å². The highest BCUT2D eigenvalue weighted by molar-refractivity contribution is 8.26. The summed E-state index contributed by atoms with van der Waals surface area (Å²) in [4.78, 5) is 15.0. The molecular formula is C24H23N3O2S2. The van der Waals surface area contributed by atoms with Gasteiger partial charge in [0.25, 0.3) is 5.91 Å². The van der Waals surface area contributed by atoms with Crippen molar-refractivity contribution < 1.29 is 9.53 Å². The van der Waals surface area contributed by atoms with Gasteiger partial charge in [-0.15, -0.1) is 0 Å². The van der Waals surface area contributed by atoms with Crippen LogP contribution in [0.2, 0.25) is 0 Å². The molecule has 5 nitrogen and oxygen atoms in total. The highest BCUT2D eigenvalue weighted by atomic mass is 32.2. The minimum Gasteiger partial charge on any atom is -0.494 e. The van der Waals surface area contributed by atoms with Gasteiger partial charge in [-0.3, -0.25) is 9.69 Å². The molecule has 7 heteroatoms. The number of ether oxygens (including phenoxy) is 1. The molecule has 0 unspecified atom stereocenters. The van der Waals surface area contributed by atoms with Crippen LogP contribution in [0.5, 0.6) is 5.75 Å². The molecule has 0 saturated carbocycles. The maximum absolute atomic E-state index is 12.7. The smallest absolute Gasteiger partial charge is 0.266 e. The monoisotopic (exact) mass is 449 g/mol. The quantitative estimate of drug-likeness (QED) is 0.350. The van der Waals surface area contributed by atoms with Crippen molar-refractivity contribution in [2.75, 3.05) is 13.2 Å². The molecule has 1 aromatic heterocycles. The maximum Gasteiger partial charge on any atom is 0.266 e. The van der Waals surface area contributed by atoms with Gasteiger partial charge in [0.15, 0.2) is 0 Å². The van der Waals surface area contributed by atoms with Gasteiger partial charge in [0, 0.05) is 23.9 Å². The molecule has 0 radical (unpaired) electrons. The Morgan fingerprint density at radius 1 is 1.10 bits per heavy atom. The predicted octanol–water partition coefficient (Wildman–Crippen LogP) is 5.55. The standard InChI is InChI=1S/C24H23N3O2S2/c1-3-14-29-20-12-10-17(11-13-20)22-18(15-21-23(28)26(4-2)24(30)31-21)16-27(25-22)19-8-6-5-7-9-19/h5-13,15-16H,3-4,14H2,1-2H3. The van der Waals surface area contributed by atoms with E-state index in [2.05, 4.69) is 6.92 Å². The van der Waals surface area contributed by atoms with E-state index in [0.29, 0.717) is 22.4 Å². The molecule has 2 aromatic carbocycles. The molecule has 0 aliphatic carbocycles. The van der Waals surface area contributed by atoms with E-state index in [1.54, 1.807) is 4.90 Å². The average Bonchev–Trinajstić information content (AvgIpc) is 3.33. The summed E-state index contributed by atoms with van der Waals surface area (Å²) in [5, 5.41) is 4.83. The van der Waals surface area contributed by atoms with E-state index in [-0.39, 0.29) is 5.91 Å². The third-order valence-corrected chi connectivity index (χ3v) is 6.22. The van der Waals surface area contributed by atoms with E-state index in [1.807, 2.05) is 78.5 Å². The van der Waals surface area contributed by atoms with Gasteiger partial charge in [-0.1, -0.05) is 49.1 Å². The molecule has 0 spiro atoms. The number of para-hydroxylation sites is 1. The first-order chi connectivity index (χ1) is 15.1. The highest BCUT2D eigenvalue weighted by Crippen LogP contribution is 2.35. The first-order valence-corrected chi connectivity index (χ1v) is 11.5. The lowest BCUT2D eigenvalue weighted by atomic mass is 10.1. The number of carbonyl (C=O) groups is 1. The summed E-state index contributed by atoms with van der Waals surface area (Å²) in [7, 11) is 0. The second-order valence-corrected chi connectivity index (χ2v) is 8.69. The maximum atomic E-state index is 12.7. The van der Waals surface area contributed by atoms with Crippen LogP contribution >= 0.6 is 24.0 Å². The average molecular weight is 450 g/mol. The Kier molecular flexibility index (Phi) is 6.53. The Morgan fingerprint density at radius 3 is 2.48 bits per heavy atom. The van der Waals surface area contributed by atoms with Gasteiger partial charge in [0.2, 0.25) is 0 Å². The first-order valence-electron chi connectivity index (χ1n) is 10.2. The number of aromatic nitrogens is 2. The zero-order valence-electron chi connectivity index (χ0n) is 17.4. The number of rotatable bonds is 7. The lowest BCUT2D eigenvalue weighted by molar-refractivity contribution is -0.121. The largest absolute Gasteiger partial charge is 0.494 e. The summed E-state index contributed by atoms with van der Waals surface area (Å²) in [6.45, 7) is 5.26. The zero-order valence-corrected chi connectivity index (χ0v) is 19.1. The fourth-order valence-electron chi connectivity index (χ4n) is 3.27. The normalized spacial score (nSPS) is 15.2. The summed E-state index contributed by atoms with van der Waals surface area (Å²) in [5.74, 6) is 0.776. The molecule has 0 N–H and O–H groups in total. The van der Waals surface area contributed by atoms with E-state index in [0.717, 1.165) is 34.7 Å². The van der Waals surface area contributed by atoms with Crippen LogP contribution in [0.25, 0.3) is 23.0 Å². The molecule has 0 bridgehead atoms. The van der Waals surface area contributed by atoms with Crippen molar-refractivity contribution in [3.8, 4) is 22.7 Å². The number of likely N-dealkylation sites (N-methyl/N-ethyl adjacent to an activating group) is 1. The third kappa shape index (κ3) is 4.57. The van der Waals surface area contributed by atoms with Gasteiger partial charge >= 0.3 is 0 Å². The molecule has 0 atom stereocenters. The molecule has 1 saturated heterocycles. The number of hydrogen-bond acceptors (Lipinski definition) is 5. The summed E-state index contributed by atoms with van der Waals surface area (Å²) in [6, 6.07) is 17.8. The number of hydrogen-bond donors (Lipinski definition) is 0. The van der Waals surface area contributed by atoms with E-state index >= 15 is 0 Å². The molecule has 1 amide bonds. The van der Waals surface area contributed by atoms with Gasteiger partial charge < -0.3 is 4.74 Å². The highest BCUT2D eigenvalue weighted by Gasteiger charge is 2.31. The summed E-state index contributed by atoms with van der Waals surface area (Å²) >= 11 is 6.69. The van der Waals surface area contributed by atoms with Crippen molar-refractivity contribution in [1.29, 1.82) is 0 Å². The Morgan fingerprint density at radius 2 is 1.84 bits per heavy atom. The van der Waals surface area contributed by atoms with E-state index < -0.39 is 0 Å². The second kappa shape index (κ2) is 9.49. The molecule has 2 heterocycles. The molecule has 1 aliphatic rings. The molecular weight excluding hydrogens is 426 g/mol. The van der Waals surface area contributed by atoms with E-state index in [9.17, 15) is 4.79 Å². The Bertz CT molecular complexity index is 1120. The predicted molar refractivity (Wildman–Crippen MR) is 130 cm³/mol. The third-order valence-electron chi connectivity index (χ3n) is 4.84. The van der Waals surface area contributed by atoms with Crippen molar-refractivity contribution in [2.45, 2.75) is 20.3 Å². The zero-order chi connectivity index (χ0) is 21.8. The molecule has 31 heavy (non-hydrogen) atoms. The van der Waals surface area contributed by atoms with Crippen LogP contribution in [0.4, 0.5) is 0 Å². The topological polar surface area (TPSA) is 47.4 Å². The van der Waals surface area contributed by atoms with Crippen molar-refractivity contribution in [3.63, 3.8) is 0 Å². The van der Waals surface area contributed by atoms with Gasteiger partial charge in [0.05, 0.1) is 22.9 Å². The fourth-order valence-corrected chi connectivity index (χ4v) is 4.65. The van der Waals surface area contributed by atoms with Crippen LogP contribution in [0.3, 0.4) is 0 Å². The fraction of sp³-hybridized carbons (Fsp3) is 0.208. The van der Waals surface area contributed by atoms with Crippen LogP contribution in [-0.2, 0) is 4.79 Å². The SMILES string of the molecule is CCCOc1ccc(-c2nn(-c3ccccc3)cc2C=C2SC(=S)N(CC)C2=O)cc1. The molecule has 3 aromatic rings. The molecule has 4 rings (SSSR count). The van der Waals surface area contributed by atoms with Crippen molar-refractivity contribution in [1.82, 2.24) is 14.7 Å². The molecule has 1 aliphatic heterocycles. The number of carbonyl (C=O) groups excluding carboxylic acids is 1. The van der Waals surface area contributed by atoms with Crippen molar-refractivity contribution >= 4 is 40.3 Å². The second-order valence-electron chi connectivity index (χ2n) is 7.01.